The largest absolute Gasteiger partial charge is 0.496 e. The summed E-state index contributed by atoms with van der Waals surface area (Å²) >= 11 is 1.43. The summed E-state index contributed by atoms with van der Waals surface area (Å²) in [4.78, 5) is 12.2. The molecule has 0 bridgehead atoms. The number of esters is 1. The van der Waals surface area contributed by atoms with Crippen molar-refractivity contribution in [3.8, 4) is 5.75 Å². The second-order valence-corrected chi connectivity index (χ2v) is 4.43. The quantitative estimate of drug-likeness (QED) is 0.752. The predicted octanol–water partition coefficient (Wildman–Crippen LogP) is 3.00. The lowest BCUT2D eigenvalue weighted by Gasteiger charge is -2.02. The molecular weight excluding hydrogens is 224 g/mol. The number of benzene rings is 1. The second kappa shape index (κ2) is 4.14. The van der Waals surface area contributed by atoms with Crippen LogP contribution in [0.4, 0.5) is 0 Å². The van der Waals surface area contributed by atoms with E-state index in [9.17, 15) is 4.79 Å². The maximum atomic E-state index is 11.6. The topological polar surface area (TPSA) is 35.5 Å². The Balaban J connectivity index is 2.73. The van der Waals surface area contributed by atoms with E-state index in [4.69, 9.17) is 9.47 Å². The smallest absolute Gasteiger partial charge is 0.348 e. The normalized spacial score (nSPS) is 10.4. The van der Waals surface area contributed by atoms with E-state index in [1.165, 1.54) is 18.4 Å². The first kappa shape index (κ1) is 11.0. The van der Waals surface area contributed by atoms with Gasteiger partial charge in [0.1, 0.15) is 10.6 Å². The van der Waals surface area contributed by atoms with Gasteiger partial charge >= 0.3 is 5.97 Å². The van der Waals surface area contributed by atoms with Crippen LogP contribution in [0.1, 0.15) is 15.2 Å². The highest BCUT2D eigenvalue weighted by molar-refractivity contribution is 7.21. The molecule has 1 aromatic carbocycles. The molecule has 0 unspecified atom stereocenters. The Morgan fingerprint density at radius 2 is 2.06 bits per heavy atom. The van der Waals surface area contributed by atoms with Crippen molar-refractivity contribution in [2.24, 2.45) is 0 Å². The molecule has 4 heteroatoms. The predicted molar refractivity (Wildman–Crippen MR) is 64.5 cm³/mol. The summed E-state index contributed by atoms with van der Waals surface area (Å²) in [5, 5.41) is 0.996. The summed E-state index contributed by atoms with van der Waals surface area (Å²) in [6.45, 7) is 1.91. The number of methoxy groups -OCH3 is 2. The highest BCUT2D eigenvalue weighted by atomic mass is 32.1. The van der Waals surface area contributed by atoms with Crippen LogP contribution in [0.5, 0.6) is 5.75 Å². The molecule has 1 aromatic heterocycles. The standard InChI is InChI=1S/C12H12O3S/c1-7-10-8(14-2)5-4-6-9(10)16-11(7)12(13)15-3/h4-6H,1-3H3. The number of carbonyl (C=O) groups excluding carboxylic acids is 1. The van der Waals surface area contributed by atoms with Crippen molar-refractivity contribution in [2.45, 2.75) is 6.92 Å². The Kier molecular flexibility index (Phi) is 2.83. The third-order valence-corrected chi connectivity index (χ3v) is 3.74. The van der Waals surface area contributed by atoms with Crippen LogP contribution in [0.25, 0.3) is 10.1 Å². The van der Waals surface area contributed by atoms with E-state index in [1.807, 2.05) is 25.1 Å². The molecule has 0 fully saturated rings. The van der Waals surface area contributed by atoms with Crippen molar-refractivity contribution >= 4 is 27.4 Å². The Labute approximate surface area is 97.6 Å². The van der Waals surface area contributed by atoms with Crippen LogP contribution >= 0.6 is 11.3 Å². The molecule has 0 saturated carbocycles. The highest BCUT2D eigenvalue weighted by Crippen LogP contribution is 2.37. The lowest BCUT2D eigenvalue weighted by atomic mass is 10.1. The van der Waals surface area contributed by atoms with E-state index < -0.39 is 0 Å². The lowest BCUT2D eigenvalue weighted by Crippen LogP contribution is -1.99. The van der Waals surface area contributed by atoms with Crippen molar-refractivity contribution in [3.63, 3.8) is 0 Å². The van der Waals surface area contributed by atoms with Crippen molar-refractivity contribution in [1.29, 1.82) is 0 Å². The molecule has 0 spiro atoms. The second-order valence-electron chi connectivity index (χ2n) is 3.38. The maximum absolute atomic E-state index is 11.6. The molecule has 3 nitrogen and oxygen atoms in total. The molecule has 0 amide bonds. The Morgan fingerprint density at radius 1 is 1.31 bits per heavy atom. The SMILES string of the molecule is COC(=O)c1sc2cccc(OC)c2c1C. The van der Waals surface area contributed by atoms with E-state index in [-0.39, 0.29) is 5.97 Å². The van der Waals surface area contributed by atoms with Crippen LogP contribution in [-0.4, -0.2) is 20.2 Å². The summed E-state index contributed by atoms with van der Waals surface area (Å²) < 4.78 is 11.1. The third kappa shape index (κ3) is 1.55. The van der Waals surface area contributed by atoms with Crippen molar-refractivity contribution in [3.05, 3.63) is 28.6 Å². The lowest BCUT2D eigenvalue weighted by molar-refractivity contribution is 0.0605. The van der Waals surface area contributed by atoms with Crippen molar-refractivity contribution < 1.29 is 14.3 Å². The first-order chi connectivity index (χ1) is 7.69. The van der Waals surface area contributed by atoms with E-state index in [0.717, 1.165) is 21.4 Å². The van der Waals surface area contributed by atoms with Gasteiger partial charge in [0, 0.05) is 10.1 Å². The van der Waals surface area contributed by atoms with Crippen LogP contribution in [0, 0.1) is 6.92 Å². The number of thiophene rings is 1. The molecule has 2 aromatic rings. The molecule has 0 N–H and O–H groups in total. The van der Waals surface area contributed by atoms with Crippen LogP contribution in [0.2, 0.25) is 0 Å². The summed E-state index contributed by atoms with van der Waals surface area (Å²) in [6, 6.07) is 5.78. The first-order valence-electron chi connectivity index (χ1n) is 4.83. The number of ether oxygens (including phenoxy) is 2. The number of rotatable bonds is 2. The molecule has 16 heavy (non-hydrogen) atoms. The monoisotopic (exact) mass is 236 g/mol. The van der Waals surface area contributed by atoms with E-state index in [0.29, 0.717) is 4.88 Å². The minimum Gasteiger partial charge on any atom is -0.496 e. The molecule has 84 valence electrons. The van der Waals surface area contributed by atoms with Crippen LogP contribution in [0.3, 0.4) is 0 Å². The van der Waals surface area contributed by atoms with Crippen LogP contribution in [0.15, 0.2) is 18.2 Å². The molecular formula is C12H12O3S. The molecule has 0 saturated heterocycles. The van der Waals surface area contributed by atoms with Gasteiger partial charge in [-0.3, -0.25) is 0 Å². The minimum atomic E-state index is -0.291. The Morgan fingerprint density at radius 3 is 2.69 bits per heavy atom. The van der Waals surface area contributed by atoms with Crippen LogP contribution in [-0.2, 0) is 4.74 Å². The first-order valence-corrected chi connectivity index (χ1v) is 5.65. The summed E-state index contributed by atoms with van der Waals surface area (Å²) in [6.07, 6.45) is 0. The molecule has 0 atom stereocenters. The zero-order chi connectivity index (χ0) is 11.7. The number of hydrogen-bond donors (Lipinski definition) is 0. The Hall–Kier alpha value is -1.55. The van der Waals surface area contributed by atoms with Gasteiger partial charge in [0.05, 0.1) is 14.2 Å². The van der Waals surface area contributed by atoms with Gasteiger partial charge in [-0.15, -0.1) is 11.3 Å². The van der Waals surface area contributed by atoms with Gasteiger partial charge in [0.25, 0.3) is 0 Å². The summed E-state index contributed by atoms with van der Waals surface area (Å²) in [5.74, 6) is 0.502. The van der Waals surface area contributed by atoms with Gasteiger partial charge in [-0.05, 0) is 24.6 Å². The van der Waals surface area contributed by atoms with Gasteiger partial charge in [-0.1, -0.05) is 6.07 Å². The Bertz CT molecular complexity index is 542. The summed E-state index contributed by atoms with van der Waals surface area (Å²) in [7, 11) is 3.02. The van der Waals surface area contributed by atoms with Gasteiger partial charge in [-0.2, -0.15) is 0 Å². The average molecular weight is 236 g/mol. The highest BCUT2D eigenvalue weighted by Gasteiger charge is 2.17. The van der Waals surface area contributed by atoms with Crippen molar-refractivity contribution in [1.82, 2.24) is 0 Å². The zero-order valence-corrected chi connectivity index (χ0v) is 10.2. The maximum Gasteiger partial charge on any atom is 0.348 e. The van der Waals surface area contributed by atoms with Gasteiger partial charge in [-0.25, -0.2) is 4.79 Å². The fourth-order valence-corrected chi connectivity index (χ4v) is 2.87. The third-order valence-electron chi connectivity index (χ3n) is 2.51. The average Bonchev–Trinajstić information content (AvgIpc) is 2.66. The fourth-order valence-electron chi connectivity index (χ4n) is 1.72. The molecule has 0 aliphatic heterocycles. The van der Waals surface area contributed by atoms with Crippen molar-refractivity contribution in [2.75, 3.05) is 14.2 Å². The molecule has 0 aliphatic carbocycles. The summed E-state index contributed by atoms with van der Waals surface area (Å²) in [5.41, 5.74) is 0.921. The number of hydrogen-bond acceptors (Lipinski definition) is 4. The van der Waals surface area contributed by atoms with E-state index in [2.05, 4.69) is 0 Å². The molecule has 2 rings (SSSR count). The fraction of sp³-hybridized carbons (Fsp3) is 0.250. The number of aryl methyl sites for hydroxylation is 1. The van der Waals surface area contributed by atoms with Crippen LogP contribution < -0.4 is 4.74 Å². The number of carbonyl (C=O) groups is 1. The van der Waals surface area contributed by atoms with E-state index in [1.54, 1.807) is 7.11 Å². The molecule has 0 radical (unpaired) electrons. The van der Waals surface area contributed by atoms with E-state index >= 15 is 0 Å². The van der Waals surface area contributed by atoms with Gasteiger partial charge in [0.2, 0.25) is 0 Å². The minimum absolute atomic E-state index is 0.291. The van der Waals surface area contributed by atoms with Gasteiger partial charge < -0.3 is 9.47 Å². The number of fused-ring (bicyclic) bond motifs is 1. The van der Waals surface area contributed by atoms with Gasteiger partial charge in [0.15, 0.2) is 0 Å². The molecule has 0 aliphatic rings. The zero-order valence-electron chi connectivity index (χ0n) is 9.37. The molecule has 1 heterocycles.